The van der Waals surface area contributed by atoms with Crippen molar-refractivity contribution < 1.29 is 24.3 Å². The Morgan fingerprint density at radius 1 is 0.775 bits per heavy atom. The highest BCUT2D eigenvalue weighted by molar-refractivity contribution is 7.99. The van der Waals surface area contributed by atoms with Gasteiger partial charge >= 0.3 is 5.97 Å². The smallest absolute Gasteiger partial charge is 0.326 e. The van der Waals surface area contributed by atoms with Gasteiger partial charge < -0.3 is 21.1 Å². The zero-order valence-electron chi connectivity index (χ0n) is 26.1. The Morgan fingerprint density at radius 2 is 1.32 bits per heavy atom. The van der Waals surface area contributed by atoms with E-state index in [-0.39, 0.29) is 17.7 Å². The normalized spacial score (nSPS) is 15.1. The molecule has 40 heavy (non-hydrogen) atoms. The van der Waals surface area contributed by atoms with Crippen molar-refractivity contribution in [3.8, 4) is 0 Å². The first kappa shape index (κ1) is 37.5. The number of rotatable bonds is 19. The van der Waals surface area contributed by atoms with Crippen molar-refractivity contribution in [2.45, 2.75) is 113 Å². The van der Waals surface area contributed by atoms with Gasteiger partial charge in [-0.3, -0.25) is 14.4 Å². The van der Waals surface area contributed by atoms with E-state index in [4.69, 9.17) is 0 Å². The number of hydrogen-bond donors (Lipinski definition) is 4. The molecular formula is C31H53N3O5S. The van der Waals surface area contributed by atoms with E-state index in [0.717, 1.165) is 25.7 Å². The van der Waals surface area contributed by atoms with Crippen molar-refractivity contribution >= 4 is 35.5 Å². The van der Waals surface area contributed by atoms with E-state index in [0.29, 0.717) is 17.9 Å². The second-order valence-electron chi connectivity index (χ2n) is 11.2. The lowest BCUT2D eigenvalue weighted by molar-refractivity contribution is -0.144. The molecule has 9 heteroatoms. The first-order valence-corrected chi connectivity index (χ1v) is 15.5. The van der Waals surface area contributed by atoms with Crippen LogP contribution in [0.3, 0.4) is 0 Å². The summed E-state index contributed by atoms with van der Waals surface area (Å²) < 4.78 is 0. The van der Waals surface area contributed by atoms with E-state index in [9.17, 15) is 24.3 Å². The van der Waals surface area contributed by atoms with Gasteiger partial charge in [-0.2, -0.15) is 11.8 Å². The standard InChI is InChI=1S/C31H53N3O5S/c1-10-24(8)28(31(38)39)34-30(37)27(21(4)5)33-29(36)26(32-25(9)35)19-40-18-17-23(7)16-12-15-22(6)14-11-13-20(2)3/h13,15,17,21,24,26-28H,10-12,14,16,18-19H2,1-9H3,(H,32,35)(H,33,36)(H,34,37)(H,38,39)/b22-15+,23-17+/t24-,26+,27+,28-/m1/s1. The first-order chi connectivity index (χ1) is 18.7. The molecule has 0 fully saturated rings. The second kappa shape index (κ2) is 20.3. The van der Waals surface area contributed by atoms with Gasteiger partial charge in [-0.25, -0.2) is 4.79 Å². The lowest BCUT2D eigenvalue weighted by Crippen LogP contribution is -2.58. The molecule has 0 aromatic rings. The van der Waals surface area contributed by atoms with Crippen molar-refractivity contribution in [3.05, 3.63) is 34.9 Å². The van der Waals surface area contributed by atoms with Gasteiger partial charge in [-0.15, -0.1) is 0 Å². The summed E-state index contributed by atoms with van der Waals surface area (Å²) in [5.41, 5.74) is 4.02. The summed E-state index contributed by atoms with van der Waals surface area (Å²) in [5, 5.41) is 17.5. The van der Waals surface area contributed by atoms with E-state index in [1.54, 1.807) is 20.8 Å². The van der Waals surface area contributed by atoms with Crippen LogP contribution in [-0.4, -0.2) is 58.4 Å². The second-order valence-corrected chi connectivity index (χ2v) is 12.3. The molecule has 0 heterocycles. The van der Waals surface area contributed by atoms with Crippen molar-refractivity contribution in [1.82, 2.24) is 16.0 Å². The topological polar surface area (TPSA) is 125 Å². The van der Waals surface area contributed by atoms with E-state index in [1.807, 2.05) is 6.92 Å². The summed E-state index contributed by atoms with van der Waals surface area (Å²) in [5.74, 6) is -1.98. The largest absolute Gasteiger partial charge is 0.480 e. The fourth-order valence-electron chi connectivity index (χ4n) is 3.87. The number of nitrogens with one attached hydrogen (secondary N) is 3. The zero-order valence-corrected chi connectivity index (χ0v) is 26.9. The molecule has 0 aromatic carbocycles. The first-order valence-electron chi connectivity index (χ1n) is 14.3. The fourth-order valence-corrected chi connectivity index (χ4v) is 4.88. The molecule has 0 spiro atoms. The number of carbonyl (C=O) groups is 4. The number of carboxylic acids is 1. The number of allylic oxidation sites excluding steroid dienone is 5. The molecule has 0 radical (unpaired) electrons. The van der Waals surface area contributed by atoms with Crippen LogP contribution in [0.4, 0.5) is 0 Å². The number of aliphatic carboxylic acids is 1. The minimum atomic E-state index is -1.11. The van der Waals surface area contributed by atoms with Gasteiger partial charge in [0.1, 0.15) is 18.1 Å². The van der Waals surface area contributed by atoms with Crippen molar-refractivity contribution in [1.29, 1.82) is 0 Å². The summed E-state index contributed by atoms with van der Waals surface area (Å²) in [7, 11) is 0. The Hall–Kier alpha value is -2.55. The minimum Gasteiger partial charge on any atom is -0.480 e. The van der Waals surface area contributed by atoms with Crippen LogP contribution in [-0.2, 0) is 19.2 Å². The van der Waals surface area contributed by atoms with Crippen LogP contribution in [0.1, 0.15) is 94.4 Å². The predicted molar refractivity (Wildman–Crippen MR) is 166 cm³/mol. The summed E-state index contributed by atoms with van der Waals surface area (Å²) in [6.45, 7) is 17.0. The van der Waals surface area contributed by atoms with Gasteiger partial charge in [-0.1, -0.05) is 69.1 Å². The lowest BCUT2D eigenvalue weighted by atomic mass is 9.97. The molecule has 0 bridgehead atoms. The molecule has 4 N–H and O–H groups in total. The highest BCUT2D eigenvalue weighted by atomic mass is 32.2. The van der Waals surface area contributed by atoms with Gasteiger partial charge in [0.2, 0.25) is 17.7 Å². The number of amides is 3. The number of carboxylic acid groups (broad SMARTS) is 1. The van der Waals surface area contributed by atoms with Crippen LogP contribution in [0, 0.1) is 11.8 Å². The van der Waals surface area contributed by atoms with Crippen LogP contribution in [0.25, 0.3) is 0 Å². The molecule has 8 nitrogen and oxygen atoms in total. The van der Waals surface area contributed by atoms with Gasteiger partial charge in [-0.05, 0) is 65.2 Å². The van der Waals surface area contributed by atoms with Crippen LogP contribution in [0.2, 0.25) is 0 Å². The van der Waals surface area contributed by atoms with E-state index in [2.05, 4.69) is 61.9 Å². The molecule has 0 aliphatic carbocycles. The van der Waals surface area contributed by atoms with Gasteiger partial charge in [0.05, 0.1) is 0 Å². The molecule has 0 unspecified atom stereocenters. The molecule has 0 aliphatic heterocycles. The zero-order chi connectivity index (χ0) is 30.8. The molecule has 0 aromatic heterocycles. The van der Waals surface area contributed by atoms with Gasteiger partial charge in [0.15, 0.2) is 0 Å². The fraction of sp³-hybridized carbons (Fsp3) is 0.677. The third-order valence-corrected chi connectivity index (χ3v) is 7.65. The molecule has 0 aliphatic rings. The Balaban J connectivity index is 5.05. The van der Waals surface area contributed by atoms with Gasteiger partial charge in [0.25, 0.3) is 0 Å². The molecule has 0 saturated heterocycles. The molecular weight excluding hydrogens is 526 g/mol. The summed E-state index contributed by atoms with van der Waals surface area (Å²) >= 11 is 1.53. The van der Waals surface area contributed by atoms with Crippen molar-refractivity contribution in [2.75, 3.05) is 11.5 Å². The Kier molecular flexibility index (Phi) is 19.0. The maximum atomic E-state index is 13.1. The van der Waals surface area contributed by atoms with Crippen LogP contribution in [0.5, 0.6) is 0 Å². The number of hydrogen-bond acceptors (Lipinski definition) is 5. The van der Waals surface area contributed by atoms with Crippen molar-refractivity contribution in [2.24, 2.45) is 11.8 Å². The van der Waals surface area contributed by atoms with Crippen LogP contribution < -0.4 is 16.0 Å². The predicted octanol–water partition coefficient (Wildman–Crippen LogP) is 5.40. The Labute approximate surface area is 246 Å². The number of thioether (sulfide) groups is 1. The Bertz CT molecular complexity index is 922. The van der Waals surface area contributed by atoms with E-state index >= 15 is 0 Å². The molecule has 3 amide bonds. The molecule has 0 saturated carbocycles. The quantitative estimate of drug-likeness (QED) is 0.120. The van der Waals surface area contributed by atoms with E-state index < -0.39 is 35.9 Å². The summed E-state index contributed by atoms with van der Waals surface area (Å²) in [6.07, 6.45) is 11.4. The van der Waals surface area contributed by atoms with Crippen molar-refractivity contribution in [3.63, 3.8) is 0 Å². The summed E-state index contributed by atoms with van der Waals surface area (Å²) in [4.78, 5) is 49.5. The van der Waals surface area contributed by atoms with Crippen LogP contribution >= 0.6 is 11.8 Å². The maximum Gasteiger partial charge on any atom is 0.326 e. The van der Waals surface area contributed by atoms with E-state index in [1.165, 1.54) is 35.4 Å². The minimum absolute atomic E-state index is 0.266. The SMILES string of the molecule is CC[C@@H](C)[C@@H](NC(=O)[C@@H](NC(=O)[C@H](CSC/C=C(\C)CC/C=C(\C)CCC=C(C)C)NC(C)=O)C(C)C)C(=O)O. The molecule has 0 rings (SSSR count). The lowest BCUT2D eigenvalue weighted by Gasteiger charge is -2.27. The van der Waals surface area contributed by atoms with Gasteiger partial charge in [0, 0.05) is 18.4 Å². The average Bonchev–Trinajstić information content (AvgIpc) is 2.85. The highest BCUT2D eigenvalue weighted by Crippen LogP contribution is 2.14. The number of carbonyl (C=O) groups excluding carboxylic acids is 3. The average molecular weight is 580 g/mol. The monoisotopic (exact) mass is 579 g/mol. The molecule has 228 valence electrons. The maximum absolute atomic E-state index is 13.1. The van der Waals surface area contributed by atoms with Crippen LogP contribution in [0.15, 0.2) is 34.9 Å². The highest BCUT2D eigenvalue weighted by Gasteiger charge is 2.32. The molecule has 4 atom stereocenters. The third kappa shape index (κ3) is 16.5. The summed E-state index contributed by atoms with van der Waals surface area (Å²) in [6, 6.07) is -2.80. The third-order valence-electron chi connectivity index (χ3n) is 6.67. The Morgan fingerprint density at radius 3 is 1.82 bits per heavy atom.